The molecule has 5 heteroatoms. The van der Waals surface area contributed by atoms with Gasteiger partial charge in [0, 0.05) is 29.9 Å². The van der Waals surface area contributed by atoms with Gasteiger partial charge in [-0.25, -0.2) is 4.68 Å². The van der Waals surface area contributed by atoms with Crippen LogP contribution in [0.4, 0.5) is 5.82 Å². The summed E-state index contributed by atoms with van der Waals surface area (Å²) in [4.78, 5) is 12.5. The Morgan fingerprint density at radius 2 is 1.79 bits per heavy atom. The number of hydrogen-bond donors (Lipinski definition) is 1. The van der Waals surface area contributed by atoms with E-state index in [0.717, 1.165) is 29.1 Å². The molecule has 1 amide bonds. The summed E-state index contributed by atoms with van der Waals surface area (Å²) in [7, 11) is 0. The lowest BCUT2D eigenvalue weighted by Gasteiger charge is -2.28. The van der Waals surface area contributed by atoms with Crippen LogP contribution in [0.15, 0.2) is 60.8 Å². The van der Waals surface area contributed by atoms with Crippen molar-refractivity contribution < 1.29 is 9.53 Å². The first-order chi connectivity index (χ1) is 13.9. The van der Waals surface area contributed by atoms with Gasteiger partial charge in [0.05, 0.1) is 18.3 Å². The van der Waals surface area contributed by atoms with Crippen LogP contribution in [0.5, 0.6) is 5.75 Å². The summed E-state index contributed by atoms with van der Waals surface area (Å²) in [6, 6.07) is 18.3. The average Bonchev–Trinajstić information content (AvgIpc) is 3.13. The molecule has 1 atom stereocenters. The third-order valence-corrected chi connectivity index (χ3v) is 5.24. The quantitative estimate of drug-likeness (QED) is 0.686. The average molecular weight is 389 g/mol. The van der Waals surface area contributed by atoms with Gasteiger partial charge in [0.25, 0.3) is 0 Å². The van der Waals surface area contributed by atoms with E-state index in [2.05, 4.69) is 49.4 Å². The van der Waals surface area contributed by atoms with Gasteiger partial charge in [0.15, 0.2) is 0 Å². The summed E-state index contributed by atoms with van der Waals surface area (Å²) in [5, 5.41) is 7.59. The maximum atomic E-state index is 12.5. The summed E-state index contributed by atoms with van der Waals surface area (Å²) in [5.74, 6) is 1.56. The number of amides is 1. The Labute approximate surface area is 171 Å². The van der Waals surface area contributed by atoms with E-state index < -0.39 is 0 Å². The highest BCUT2D eigenvalue weighted by Crippen LogP contribution is 2.41. The monoisotopic (exact) mass is 389 g/mol. The maximum Gasteiger partial charge on any atom is 0.226 e. The number of aromatic nitrogens is 2. The number of ether oxygens (including phenoxy) is 1. The normalized spacial score (nSPS) is 16.2. The van der Waals surface area contributed by atoms with Crippen molar-refractivity contribution in [2.45, 2.75) is 45.1 Å². The molecule has 3 aromatic rings. The van der Waals surface area contributed by atoms with Crippen molar-refractivity contribution in [1.82, 2.24) is 9.78 Å². The molecule has 150 valence electrons. The molecule has 0 radical (unpaired) electrons. The van der Waals surface area contributed by atoms with Crippen molar-refractivity contribution in [2.24, 2.45) is 0 Å². The number of fused-ring (bicyclic) bond motifs is 1. The molecule has 0 saturated heterocycles. The zero-order valence-corrected chi connectivity index (χ0v) is 17.2. The standard InChI is InChI=1S/C24H27N3O2/c1-24(2,3)27-23-20(16-25-27)19(15-22(28)26-23)18-11-7-8-12-21(18)29-14-13-17-9-5-4-6-10-17/h4-12,16,19H,13-15H2,1-3H3,(H,26,28)/t19-/m0/s1. The van der Waals surface area contributed by atoms with E-state index in [9.17, 15) is 4.79 Å². The van der Waals surface area contributed by atoms with Crippen molar-refractivity contribution in [1.29, 1.82) is 0 Å². The molecule has 1 aromatic heterocycles. The lowest BCUT2D eigenvalue weighted by molar-refractivity contribution is -0.116. The molecule has 0 unspecified atom stereocenters. The van der Waals surface area contributed by atoms with Gasteiger partial charge in [-0.1, -0.05) is 48.5 Å². The van der Waals surface area contributed by atoms with Crippen molar-refractivity contribution in [3.8, 4) is 5.75 Å². The van der Waals surface area contributed by atoms with E-state index in [0.29, 0.717) is 13.0 Å². The summed E-state index contributed by atoms with van der Waals surface area (Å²) in [6.07, 6.45) is 3.11. The smallest absolute Gasteiger partial charge is 0.226 e. The minimum absolute atomic E-state index is 0.00703. The van der Waals surface area contributed by atoms with Crippen LogP contribution in [0, 0.1) is 0 Å². The van der Waals surface area contributed by atoms with Crippen LogP contribution in [-0.4, -0.2) is 22.3 Å². The molecule has 5 nitrogen and oxygen atoms in total. The summed E-state index contributed by atoms with van der Waals surface area (Å²) >= 11 is 0. The summed E-state index contributed by atoms with van der Waals surface area (Å²) in [5.41, 5.74) is 3.11. The predicted octanol–water partition coefficient (Wildman–Crippen LogP) is 4.73. The molecule has 0 aliphatic carbocycles. The number of nitrogens with one attached hydrogen (secondary N) is 1. The van der Waals surface area contributed by atoms with Crippen molar-refractivity contribution >= 4 is 11.7 Å². The molecule has 1 N–H and O–H groups in total. The Bertz CT molecular complexity index is 1000. The molecule has 0 saturated carbocycles. The van der Waals surface area contributed by atoms with Gasteiger partial charge in [-0.15, -0.1) is 0 Å². The number of benzene rings is 2. The molecule has 1 aliphatic heterocycles. The Balaban J connectivity index is 1.61. The van der Waals surface area contributed by atoms with E-state index in [1.807, 2.05) is 47.3 Å². The van der Waals surface area contributed by atoms with E-state index in [1.54, 1.807) is 0 Å². The molecule has 0 fully saturated rings. The fourth-order valence-electron chi connectivity index (χ4n) is 3.83. The first-order valence-electron chi connectivity index (χ1n) is 10.1. The highest BCUT2D eigenvalue weighted by Gasteiger charge is 2.33. The summed E-state index contributed by atoms with van der Waals surface area (Å²) < 4.78 is 8.05. The lowest BCUT2D eigenvalue weighted by Crippen LogP contribution is -2.30. The largest absolute Gasteiger partial charge is 0.493 e. The van der Waals surface area contributed by atoms with Gasteiger partial charge < -0.3 is 10.1 Å². The number of para-hydroxylation sites is 1. The van der Waals surface area contributed by atoms with Crippen LogP contribution in [0.1, 0.15) is 49.8 Å². The molecule has 4 rings (SSSR count). The molecule has 0 bridgehead atoms. The highest BCUT2D eigenvalue weighted by molar-refractivity contribution is 5.94. The predicted molar refractivity (Wildman–Crippen MR) is 114 cm³/mol. The maximum absolute atomic E-state index is 12.5. The van der Waals surface area contributed by atoms with E-state index in [-0.39, 0.29) is 17.4 Å². The van der Waals surface area contributed by atoms with Gasteiger partial charge >= 0.3 is 0 Å². The Kier molecular flexibility index (Phi) is 5.14. The number of nitrogens with zero attached hydrogens (tertiary/aromatic N) is 2. The summed E-state index contributed by atoms with van der Waals surface area (Å²) in [6.45, 7) is 6.83. The van der Waals surface area contributed by atoms with Crippen LogP contribution in [0.25, 0.3) is 0 Å². The molecule has 0 spiro atoms. The molecule has 29 heavy (non-hydrogen) atoms. The van der Waals surface area contributed by atoms with Crippen molar-refractivity contribution in [2.75, 3.05) is 11.9 Å². The minimum atomic E-state index is -0.214. The van der Waals surface area contributed by atoms with Gasteiger partial charge in [-0.2, -0.15) is 5.10 Å². The first-order valence-corrected chi connectivity index (χ1v) is 10.1. The van der Waals surface area contributed by atoms with Crippen molar-refractivity contribution in [3.63, 3.8) is 0 Å². The molecular weight excluding hydrogens is 362 g/mol. The van der Waals surface area contributed by atoms with Gasteiger partial charge in [-0.3, -0.25) is 4.79 Å². The number of hydrogen-bond acceptors (Lipinski definition) is 3. The number of anilines is 1. The number of carbonyl (C=O) groups is 1. The number of carbonyl (C=O) groups excluding carboxylic acids is 1. The van der Waals surface area contributed by atoms with Crippen LogP contribution in [0.2, 0.25) is 0 Å². The third kappa shape index (κ3) is 4.04. The third-order valence-electron chi connectivity index (χ3n) is 5.24. The van der Waals surface area contributed by atoms with Crippen LogP contribution >= 0.6 is 0 Å². The molecule has 2 heterocycles. The zero-order valence-electron chi connectivity index (χ0n) is 17.2. The SMILES string of the molecule is CC(C)(C)n1ncc2c1NC(=O)C[C@H]2c1ccccc1OCCc1ccccc1. The fourth-order valence-corrected chi connectivity index (χ4v) is 3.83. The Morgan fingerprint density at radius 1 is 1.07 bits per heavy atom. The molecular formula is C24H27N3O2. The van der Waals surface area contributed by atoms with Crippen LogP contribution in [0.3, 0.4) is 0 Å². The second-order valence-electron chi connectivity index (χ2n) is 8.46. The van der Waals surface area contributed by atoms with Gasteiger partial charge in [-0.05, 0) is 32.4 Å². The van der Waals surface area contributed by atoms with Crippen molar-refractivity contribution in [3.05, 3.63) is 77.5 Å². The second kappa shape index (κ2) is 7.74. The Morgan fingerprint density at radius 3 is 2.55 bits per heavy atom. The molecule has 1 aliphatic rings. The Hall–Kier alpha value is -3.08. The van der Waals surface area contributed by atoms with E-state index in [1.165, 1.54) is 5.56 Å². The van der Waals surface area contributed by atoms with E-state index >= 15 is 0 Å². The van der Waals surface area contributed by atoms with E-state index in [4.69, 9.17) is 4.74 Å². The minimum Gasteiger partial charge on any atom is -0.493 e. The highest BCUT2D eigenvalue weighted by atomic mass is 16.5. The zero-order chi connectivity index (χ0) is 20.4. The number of rotatable bonds is 5. The lowest BCUT2D eigenvalue weighted by atomic mass is 9.86. The molecule has 2 aromatic carbocycles. The first kappa shape index (κ1) is 19.2. The topological polar surface area (TPSA) is 56.2 Å². The van der Waals surface area contributed by atoms with Gasteiger partial charge in [0.2, 0.25) is 5.91 Å². The van der Waals surface area contributed by atoms with Crippen LogP contribution < -0.4 is 10.1 Å². The fraction of sp³-hybridized carbons (Fsp3) is 0.333. The van der Waals surface area contributed by atoms with Crippen LogP contribution in [-0.2, 0) is 16.8 Å². The van der Waals surface area contributed by atoms with Gasteiger partial charge in [0.1, 0.15) is 11.6 Å². The second-order valence-corrected chi connectivity index (χ2v) is 8.46.